The van der Waals surface area contributed by atoms with Gasteiger partial charge in [0, 0.05) is 6.92 Å². The highest BCUT2D eigenvalue weighted by atomic mass is 16.2. The Bertz CT molecular complexity index is 189. The molecular formula is C8H13NO2. The molecule has 1 atom stereocenters. The van der Waals surface area contributed by atoms with E-state index in [-0.39, 0.29) is 17.9 Å². The number of nitrogens with zero attached hydrogens (tertiary/aromatic N) is 1. The van der Waals surface area contributed by atoms with Crippen LogP contribution in [-0.2, 0) is 9.59 Å². The van der Waals surface area contributed by atoms with Crippen LogP contribution in [0, 0.1) is 0 Å². The molecule has 1 heterocycles. The van der Waals surface area contributed by atoms with Crippen molar-refractivity contribution in [3.63, 3.8) is 0 Å². The van der Waals surface area contributed by atoms with Crippen molar-refractivity contribution in [3.8, 4) is 0 Å². The lowest BCUT2D eigenvalue weighted by molar-refractivity contribution is -0.128. The first-order chi connectivity index (χ1) is 5.18. The Balaban J connectivity index is 2.30. The van der Waals surface area contributed by atoms with Gasteiger partial charge in [0.25, 0.3) is 5.91 Å². The second-order valence-electron chi connectivity index (χ2n) is 2.89. The average molecular weight is 155 g/mol. The monoisotopic (exact) mass is 155 g/mol. The highest BCUT2D eigenvalue weighted by molar-refractivity contribution is 6.10. The van der Waals surface area contributed by atoms with Crippen LogP contribution in [0.5, 0.6) is 0 Å². The van der Waals surface area contributed by atoms with Crippen LogP contribution in [0.1, 0.15) is 33.1 Å². The molecule has 3 nitrogen and oxygen atoms in total. The van der Waals surface area contributed by atoms with Crippen molar-refractivity contribution in [2.24, 2.45) is 0 Å². The molecule has 1 unspecified atom stereocenters. The van der Waals surface area contributed by atoms with Crippen molar-refractivity contribution in [1.82, 2.24) is 4.90 Å². The SMILES string of the molecule is CCCCC1C(=O)N1C(C)=O. The molecule has 1 fully saturated rings. The number of unbranched alkanes of at least 4 members (excludes halogenated alkanes) is 1. The maximum Gasteiger partial charge on any atom is 0.253 e. The summed E-state index contributed by atoms with van der Waals surface area (Å²) in [5.74, 6) is -0.109. The van der Waals surface area contributed by atoms with Crippen LogP contribution in [0.4, 0.5) is 0 Å². The number of amides is 2. The smallest absolute Gasteiger partial charge is 0.253 e. The van der Waals surface area contributed by atoms with Gasteiger partial charge >= 0.3 is 0 Å². The molecule has 3 heteroatoms. The fourth-order valence-electron chi connectivity index (χ4n) is 1.24. The van der Waals surface area contributed by atoms with Gasteiger partial charge in [0.15, 0.2) is 0 Å². The highest BCUT2D eigenvalue weighted by Crippen LogP contribution is 2.24. The number of rotatable bonds is 3. The zero-order chi connectivity index (χ0) is 8.43. The third kappa shape index (κ3) is 1.59. The lowest BCUT2D eigenvalue weighted by Gasteiger charge is -1.93. The molecule has 0 bridgehead atoms. The Hall–Kier alpha value is -0.860. The summed E-state index contributed by atoms with van der Waals surface area (Å²) in [7, 11) is 0. The summed E-state index contributed by atoms with van der Waals surface area (Å²) < 4.78 is 0. The van der Waals surface area contributed by atoms with Gasteiger partial charge in [-0.25, -0.2) is 0 Å². The van der Waals surface area contributed by atoms with E-state index >= 15 is 0 Å². The number of hydrogen-bond acceptors (Lipinski definition) is 2. The maximum atomic E-state index is 10.9. The highest BCUT2D eigenvalue weighted by Gasteiger charge is 2.47. The molecule has 1 rings (SSSR count). The van der Waals surface area contributed by atoms with Crippen LogP contribution in [0.2, 0.25) is 0 Å². The molecule has 11 heavy (non-hydrogen) atoms. The minimum Gasteiger partial charge on any atom is -0.275 e. The molecule has 62 valence electrons. The molecule has 2 amide bonds. The molecule has 0 aromatic carbocycles. The standard InChI is InChI=1S/C8H13NO2/c1-3-4-5-7-8(11)9(7)6(2)10/h7H,3-5H2,1-2H3. The van der Waals surface area contributed by atoms with Gasteiger partial charge in [-0.1, -0.05) is 19.8 Å². The number of imide groups is 1. The zero-order valence-electron chi connectivity index (χ0n) is 6.96. The fourth-order valence-corrected chi connectivity index (χ4v) is 1.24. The molecule has 0 spiro atoms. The topological polar surface area (TPSA) is 37.1 Å². The van der Waals surface area contributed by atoms with E-state index in [2.05, 4.69) is 6.92 Å². The quantitative estimate of drug-likeness (QED) is 0.568. The summed E-state index contributed by atoms with van der Waals surface area (Å²) in [4.78, 5) is 22.9. The molecule has 0 aromatic heterocycles. The molecule has 0 N–H and O–H groups in total. The molecule has 0 aliphatic carbocycles. The largest absolute Gasteiger partial charge is 0.275 e. The first-order valence-electron chi connectivity index (χ1n) is 4.02. The van der Waals surface area contributed by atoms with Gasteiger partial charge < -0.3 is 0 Å². The van der Waals surface area contributed by atoms with Crippen molar-refractivity contribution in [1.29, 1.82) is 0 Å². The molecule has 1 saturated heterocycles. The minimum atomic E-state index is -0.115. The third-order valence-electron chi connectivity index (χ3n) is 1.94. The number of carbonyl (C=O) groups excluding carboxylic acids is 2. The van der Waals surface area contributed by atoms with Crippen molar-refractivity contribution in [3.05, 3.63) is 0 Å². The Kier molecular flexibility index (Phi) is 2.27. The molecule has 0 radical (unpaired) electrons. The fraction of sp³-hybridized carbons (Fsp3) is 0.750. The van der Waals surface area contributed by atoms with Gasteiger partial charge in [-0.15, -0.1) is 0 Å². The van der Waals surface area contributed by atoms with Crippen LogP contribution < -0.4 is 0 Å². The summed E-state index contributed by atoms with van der Waals surface area (Å²) >= 11 is 0. The summed E-state index contributed by atoms with van der Waals surface area (Å²) in [5, 5.41) is 0. The van der Waals surface area contributed by atoms with Crippen LogP contribution in [0.3, 0.4) is 0 Å². The van der Waals surface area contributed by atoms with Gasteiger partial charge in [0.2, 0.25) is 5.91 Å². The lowest BCUT2D eigenvalue weighted by Crippen LogP contribution is -2.08. The van der Waals surface area contributed by atoms with Gasteiger partial charge in [-0.2, -0.15) is 0 Å². The van der Waals surface area contributed by atoms with E-state index in [1.807, 2.05) is 0 Å². The van der Waals surface area contributed by atoms with E-state index in [4.69, 9.17) is 0 Å². The molecule has 1 aliphatic rings. The van der Waals surface area contributed by atoms with Crippen molar-refractivity contribution in [2.75, 3.05) is 0 Å². The third-order valence-corrected chi connectivity index (χ3v) is 1.94. The molecule has 1 aliphatic heterocycles. The number of carbonyl (C=O) groups is 2. The van der Waals surface area contributed by atoms with E-state index in [1.54, 1.807) is 0 Å². The molecular weight excluding hydrogens is 142 g/mol. The second kappa shape index (κ2) is 3.03. The summed E-state index contributed by atoms with van der Waals surface area (Å²) in [5.41, 5.74) is 0. The van der Waals surface area contributed by atoms with E-state index in [1.165, 1.54) is 11.8 Å². The molecule has 0 aromatic rings. The average Bonchev–Trinajstić information content (AvgIpc) is 2.57. The summed E-state index contributed by atoms with van der Waals surface area (Å²) in [6.07, 6.45) is 2.95. The van der Waals surface area contributed by atoms with Crippen molar-refractivity contribution >= 4 is 11.8 Å². The predicted octanol–water partition coefficient (Wildman–Crippen LogP) is 0.934. The minimum absolute atomic E-state index is 0.00551. The van der Waals surface area contributed by atoms with E-state index < -0.39 is 0 Å². The number of hydrogen-bond donors (Lipinski definition) is 0. The Morgan fingerprint density at radius 1 is 1.64 bits per heavy atom. The first kappa shape index (κ1) is 8.24. The van der Waals surface area contributed by atoms with E-state index in [9.17, 15) is 9.59 Å². The Morgan fingerprint density at radius 2 is 2.27 bits per heavy atom. The summed E-state index contributed by atoms with van der Waals surface area (Å²) in [6.45, 7) is 3.51. The van der Waals surface area contributed by atoms with Crippen LogP contribution in [-0.4, -0.2) is 22.8 Å². The van der Waals surface area contributed by atoms with Crippen LogP contribution in [0.25, 0.3) is 0 Å². The normalized spacial score (nSPS) is 22.2. The zero-order valence-corrected chi connectivity index (χ0v) is 6.96. The van der Waals surface area contributed by atoms with Crippen LogP contribution in [0.15, 0.2) is 0 Å². The molecule has 0 saturated carbocycles. The predicted molar refractivity (Wildman–Crippen MR) is 40.8 cm³/mol. The van der Waals surface area contributed by atoms with Crippen molar-refractivity contribution in [2.45, 2.75) is 39.2 Å². The lowest BCUT2D eigenvalue weighted by atomic mass is 10.2. The first-order valence-corrected chi connectivity index (χ1v) is 4.02. The Labute approximate surface area is 66.4 Å². The van der Waals surface area contributed by atoms with Gasteiger partial charge in [0.1, 0.15) is 6.04 Å². The van der Waals surface area contributed by atoms with E-state index in [0.717, 1.165) is 19.3 Å². The van der Waals surface area contributed by atoms with Gasteiger partial charge in [0.05, 0.1) is 0 Å². The van der Waals surface area contributed by atoms with Gasteiger partial charge in [-0.3, -0.25) is 14.5 Å². The second-order valence-corrected chi connectivity index (χ2v) is 2.89. The van der Waals surface area contributed by atoms with Gasteiger partial charge in [-0.05, 0) is 6.42 Å². The van der Waals surface area contributed by atoms with Crippen molar-refractivity contribution < 1.29 is 9.59 Å². The maximum absolute atomic E-state index is 10.9. The summed E-state index contributed by atoms with van der Waals surface area (Å²) in [6, 6.07) is -0.0764. The Morgan fingerprint density at radius 3 is 2.64 bits per heavy atom. The van der Waals surface area contributed by atoms with Crippen LogP contribution >= 0.6 is 0 Å². The van der Waals surface area contributed by atoms with E-state index in [0.29, 0.717) is 0 Å².